The third-order valence-corrected chi connectivity index (χ3v) is 4.65. The molecule has 0 aliphatic heterocycles. The summed E-state index contributed by atoms with van der Waals surface area (Å²) >= 11 is 0. The molecule has 16 heteroatoms. The molecule has 3 atom stereocenters. The first kappa shape index (κ1) is 28.8. The zero-order chi connectivity index (χ0) is 26.4. The Bertz CT molecular complexity index is 900. The number of nitrogens with zero attached hydrogens (tertiary/aromatic N) is 2. The van der Waals surface area contributed by atoms with Crippen LogP contribution in [0.5, 0.6) is 0 Å². The van der Waals surface area contributed by atoms with Crippen molar-refractivity contribution >= 4 is 35.6 Å². The van der Waals surface area contributed by atoms with Crippen molar-refractivity contribution in [2.45, 2.75) is 50.2 Å². The van der Waals surface area contributed by atoms with Gasteiger partial charge in [0.05, 0.1) is 18.9 Å². The van der Waals surface area contributed by atoms with Crippen LogP contribution in [0.3, 0.4) is 0 Å². The summed E-state index contributed by atoms with van der Waals surface area (Å²) in [5.41, 5.74) is 21.6. The molecule has 1 aromatic rings. The number of nitrogens with two attached hydrogens (primary N) is 4. The number of aromatic amines is 1. The molecule has 0 saturated carbocycles. The predicted molar refractivity (Wildman–Crippen MR) is 123 cm³/mol. The fraction of sp³-hybridized carbons (Fsp3) is 0.526. The number of carboxylic acid groups (broad SMARTS) is 1. The molecule has 0 aliphatic carbocycles. The van der Waals surface area contributed by atoms with Crippen molar-refractivity contribution in [3.8, 4) is 0 Å². The summed E-state index contributed by atoms with van der Waals surface area (Å²) < 4.78 is 0. The second-order valence-corrected chi connectivity index (χ2v) is 7.58. The molecule has 194 valence electrons. The van der Waals surface area contributed by atoms with Crippen LogP contribution in [-0.2, 0) is 30.4 Å². The van der Waals surface area contributed by atoms with Gasteiger partial charge in [0.25, 0.3) is 0 Å². The van der Waals surface area contributed by atoms with Crippen LogP contribution in [-0.4, -0.2) is 81.8 Å². The van der Waals surface area contributed by atoms with Crippen LogP contribution in [0.1, 0.15) is 31.4 Å². The summed E-state index contributed by atoms with van der Waals surface area (Å²) in [5.74, 6) is -4.18. The second kappa shape index (κ2) is 14.8. The molecule has 1 rings (SSSR count). The van der Waals surface area contributed by atoms with E-state index in [0.717, 1.165) is 0 Å². The Balaban J connectivity index is 2.74. The van der Waals surface area contributed by atoms with E-state index in [1.54, 1.807) is 0 Å². The number of H-pyrrole nitrogens is 1. The Kier molecular flexibility index (Phi) is 12.2. The number of aromatic nitrogens is 2. The van der Waals surface area contributed by atoms with Crippen molar-refractivity contribution in [2.24, 2.45) is 27.9 Å². The molecule has 0 bridgehead atoms. The van der Waals surface area contributed by atoms with E-state index in [1.807, 2.05) is 0 Å². The lowest BCUT2D eigenvalue weighted by molar-refractivity contribution is -0.142. The summed E-state index contributed by atoms with van der Waals surface area (Å²) in [5, 5.41) is 16.6. The normalized spacial score (nSPS) is 13.1. The van der Waals surface area contributed by atoms with E-state index in [1.165, 1.54) is 12.5 Å². The number of nitrogens with one attached hydrogen (secondary N) is 4. The number of hydrogen-bond donors (Lipinski definition) is 9. The number of aliphatic carboxylic acids is 1. The number of imidazole rings is 1. The third-order valence-electron chi connectivity index (χ3n) is 4.65. The van der Waals surface area contributed by atoms with E-state index in [9.17, 15) is 29.1 Å². The fourth-order valence-electron chi connectivity index (χ4n) is 2.83. The van der Waals surface area contributed by atoms with Gasteiger partial charge in [0, 0.05) is 31.3 Å². The summed E-state index contributed by atoms with van der Waals surface area (Å²) in [6.45, 7) is -0.325. The number of guanidine groups is 1. The van der Waals surface area contributed by atoms with Crippen LogP contribution in [0.4, 0.5) is 0 Å². The fourth-order valence-corrected chi connectivity index (χ4v) is 2.83. The van der Waals surface area contributed by atoms with Crippen LogP contribution >= 0.6 is 0 Å². The zero-order valence-corrected chi connectivity index (χ0v) is 19.0. The molecule has 0 radical (unpaired) electrons. The largest absolute Gasteiger partial charge is 0.480 e. The predicted octanol–water partition coefficient (Wildman–Crippen LogP) is -4.23. The monoisotopic (exact) mass is 496 g/mol. The van der Waals surface area contributed by atoms with Crippen LogP contribution in [0.15, 0.2) is 17.5 Å². The molecule has 1 heterocycles. The van der Waals surface area contributed by atoms with Crippen LogP contribution < -0.4 is 38.9 Å². The SMILES string of the molecule is NC(=O)CCC(N)C(=O)NCC(=O)NC(Cc1cnc[nH]1)C(=O)NC(CCCN=C(N)N)C(=O)O. The summed E-state index contributed by atoms with van der Waals surface area (Å²) in [4.78, 5) is 69.9. The molecule has 0 spiro atoms. The quantitative estimate of drug-likeness (QED) is 0.0603. The van der Waals surface area contributed by atoms with Crippen LogP contribution in [0, 0.1) is 0 Å². The van der Waals surface area contributed by atoms with Crippen molar-refractivity contribution in [1.82, 2.24) is 25.9 Å². The van der Waals surface area contributed by atoms with Crippen molar-refractivity contribution < 1.29 is 29.1 Å². The van der Waals surface area contributed by atoms with Gasteiger partial charge in [-0.25, -0.2) is 9.78 Å². The molecule has 0 fully saturated rings. The first-order chi connectivity index (χ1) is 16.5. The summed E-state index contributed by atoms with van der Waals surface area (Å²) in [7, 11) is 0. The lowest BCUT2D eigenvalue weighted by atomic mass is 10.1. The van der Waals surface area contributed by atoms with Crippen molar-refractivity contribution in [3.63, 3.8) is 0 Å². The number of rotatable bonds is 16. The molecule has 16 nitrogen and oxygen atoms in total. The zero-order valence-electron chi connectivity index (χ0n) is 19.0. The topological polar surface area (TPSA) is 287 Å². The van der Waals surface area contributed by atoms with E-state index in [4.69, 9.17) is 22.9 Å². The molecule has 3 unspecified atom stereocenters. The highest BCUT2D eigenvalue weighted by Crippen LogP contribution is 2.03. The van der Waals surface area contributed by atoms with Crippen molar-refractivity contribution in [2.75, 3.05) is 13.1 Å². The van der Waals surface area contributed by atoms with Gasteiger partial charge in [-0.05, 0) is 19.3 Å². The average molecular weight is 497 g/mol. The first-order valence-corrected chi connectivity index (χ1v) is 10.7. The van der Waals surface area contributed by atoms with Gasteiger partial charge >= 0.3 is 5.97 Å². The Hall–Kier alpha value is -4.21. The highest BCUT2D eigenvalue weighted by Gasteiger charge is 2.27. The molecule has 0 saturated heterocycles. The van der Waals surface area contributed by atoms with Gasteiger partial charge in [0.1, 0.15) is 12.1 Å². The highest BCUT2D eigenvalue weighted by atomic mass is 16.4. The van der Waals surface area contributed by atoms with Gasteiger partial charge in [-0.3, -0.25) is 24.2 Å². The minimum Gasteiger partial charge on any atom is -0.480 e. The summed E-state index contributed by atoms with van der Waals surface area (Å²) in [6, 6.07) is -3.47. The lowest BCUT2D eigenvalue weighted by Crippen LogP contribution is -2.54. The molecule has 0 aromatic carbocycles. The number of carboxylic acids is 1. The number of amides is 4. The number of primary amides is 1. The van der Waals surface area contributed by atoms with Crippen molar-refractivity contribution in [3.05, 3.63) is 18.2 Å². The van der Waals surface area contributed by atoms with E-state index in [0.29, 0.717) is 5.69 Å². The molecule has 13 N–H and O–H groups in total. The Labute approximate surface area is 200 Å². The average Bonchev–Trinajstić information content (AvgIpc) is 3.30. The third kappa shape index (κ3) is 12.0. The van der Waals surface area contributed by atoms with E-state index in [-0.39, 0.29) is 44.6 Å². The molecule has 4 amide bonds. The van der Waals surface area contributed by atoms with Crippen LogP contribution in [0.2, 0.25) is 0 Å². The molecule has 1 aromatic heterocycles. The maximum Gasteiger partial charge on any atom is 0.326 e. The van der Waals surface area contributed by atoms with Gasteiger partial charge in [-0.1, -0.05) is 0 Å². The Morgan fingerprint density at radius 2 is 1.77 bits per heavy atom. The number of hydrogen-bond acceptors (Lipinski definition) is 8. The number of aliphatic imine (C=N–C) groups is 1. The minimum atomic E-state index is -1.27. The summed E-state index contributed by atoms with van der Waals surface area (Å²) in [6.07, 6.45) is 3.04. The number of carbonyl (C=O) groups is 5. The maximum absolute atomic E-state index is 12.8. The molecular formula is C19H32N10O6. The van der Waals surface area contributed by atoms with Gasteiger partial charge in [0.15, 0.2) is 5.96 Å². The molecular weight excluding hydrogens is 464 g/mol. The number of carbonyl (C=O) groups excluding carboxylic acids is 4. The standard InChI is InChI=1S/C19H32N10O6/c20-11(3-4-14(21)30)16(32)26-8-15(31)28-13(6-10-7-24-9-27-10)17(33)29-12(18(34)35)2-1-5-25-19(22)23/h7,9,11-13H,1-6,8,20H2,(H2,21,30)(H,24,27)(H,26,32)(H,28,31)(H,29,33)(H,34,35)(H4,22,23,25). The Morgan fingerprint density at radius 1 is 1.06 bits per heavy atom. The van der Waals surface area contributed by atoms with Crippen LogP contribution in [0.25, 0.3) is 0 Å². The van der Waals surface area contributed by atoms with Crippen molar-refractivity contribution in [1.29, 1.82) is 0 Å². The minimum absolute atomic E-state index is 0.00734. The highest BCUT2D eigenvalue weighted by molar-refractivity contribution is 5.92. The Morgan fingerprint density at radius 3 is 2.34 bits per heavy atom. The van der Waals surface area contributed by atoms with Gasteiger partial charge in [0.2, 0.25) is 23.6 Å². The molecule has 0 aliphatic rings. The smallest absolute Gasteiger partial charge is 0.326 e. The van der Waals surface area contributed by atoms with E-state index < -0.39 is 54.3 Å². The first-order valence-electron chi connectivity index (χ1n) is 10.7. The van der Waals surface area contributed by atoms with Gasteiger partial charge in [-0.2, -0.15) is 0 Å². The second-order valence-electron chi connectivity index (χ2n) is 7.58. The molecule has 35 heavy (non-hydrogen) atoms. The van der Waals surface area contributed by atoms with E-state index in [2.05, 4.69) is 30.9 Å². The van der Waals surface area contributed by atoms with E-state index >= 15 is 0 Å². The maximum atomic E-state index is 12.8. The lowest BCUT2D eigenvalue weighted by Gasteiger charge is -2.21. The van der Waals surface area contributed by atoms with Gasteiger partial charge in [-0.15, -0.1) is 0 Å². The van der Waals surface area contributed by atoms with Gasteiger partial charge < -0.3 is 49.0 Å².